The van der Waals surface area contributed by atoms with Gasteiger partial charge in [0.2, 0.25) is 0 Å². The molecule has 0 amide bonds. The number of aromatic nitrogens is 2. The Balaban J connectivity index is 2.42. The molecule has 1 aromatic heterocycles. The van der Waals surface area contributed by atoms with Gasteiger partial charge in [-0.1, -0.05) is 36.0 Å². The normalized spacial score (nSPS) is 11.8. The topological polar surface area (TPSA) is 34.9 Å². The van der Waals surface area contributed by atoms with Gasteiger partial charge in [0.1, 0.15) is 0 Å². The van der Waals surface area contributed by atoms with Crippen LogP contribution in [0.2, 0.25) is 0 Å². The monoisotopic (exact) mass is 336 g/mol. The average Bonchev–Trinajstić information content (AvgIpc) is 2.54. The molecule has 0 saturated heterocycles. The van der Waals surface area contributed by atoms with Crippen LogP contribution in [0.5, 0.6) is 0 Å². The molecule has 3 nitrogen and oxygen atoms in total. The van der Waals surface area contributed by atoms with Crippen LogP contribution in [0.3, 0.4) is 0 Å². The van der Waals surface area contributed by atoms with Crippen molar-refractivity contribution in [2.75, 3.05) is 6.26 Å². The first-order chi connectivity index (χ1) is 10.9. The summed E-state index contributed by atoms with van der Waals surface area (Å²) < 4.78 is 40.8. The van der Waals surface area contributed by atoms with Gasteiger partial charge >= 0.3 is 6.18 Å². The zero-order valence-corrected chi connectivity index (χ0v) is 12.8. The quantitative estimate of drug-likeness (QED) is 0.521. The van der Waals surface area contributed by atoms with E-state index in [0.29, 0.717) is 5.52 Å². The minimum absolute atomic E-state index is 0.213. The maximum Gasteiger partial charge on any atom is 0.418 e. The highest BCUT2D eigenvalue weighted by atomic mass is 32.2. The molecule has 0 aliphatic carbocycles. The summed E-state index contributed by atoms with van der Waals surface area (Å²) in [5.41, 5.74) is -1.14. The van der Waals surface area contributed by atoms with Crippen LogP contribution in [0.15, 0.2) is 58.5 Å². The molecule has 0 aliphatic rings. The third-order valence-electron chi connectivity index (χ3n) is 3.38. The van der Waals surface area contributed by atoms with Crippen molar-refractivity contribution in [2.24, 2.45) is 0 Å². The summed E-state index contributed by atoms with van der Waals surface area (Å²) in [4.78, 5) is 17.0. The van der Waals surface area contributed by atoms with E-state index in [1.165, 1.54) is 18.2 Å². The molecule has 2 aromatic carbocycles. The van der Waals surface area contributed by atoms with Crippen LogP contribution in [0.4, 0.5) is 13.2 Å². The van der Waals surface area contributed by atoms with Crippen molar-refractivity contribution >= 4 is 22.7 Å². The smallest absolute Gasteiger partial charge is 0.268 e. The Morgan fingerprint density at radius 2 is 1.70 bits per heavy atom. The number of thioether (sulfide) groups is 1. The fourth-order valence-electron chi connectivity index (χ4n) is 2.37. The molecule has 0 unspecified atom stereocenters. The van der Waals surface area contributed by atoms with Crippen LogP contribution in [0.25, 0.3) is 16.6 Å². The summed E-state index contributed by atoms with van der Waals surface area (Å²) >= 11 is 1.12. The van der Waals surface area contributed by atoms with Gasteiger partial charge in [-0.3, -0.25) is 9.36 Å². The highest BCUT2D eigenvalue weighted by molar-refractivity contribution is 7.98. The molecule has 0 bridgehead atoms. The van der Waals surface area contributed by atoms with Gasteiger partial charge in [0.05, 0.1) is 22.2 Å². The molecular formula is C16H11F3N2OS. The van der Waals surface area contributed by atoms with Crippen LogP contribution in [-0.2, 0) is 6.18 Å². The van der Waals surface area contributed by atoms with Crippen molar-refractivity contribution in [3.8, 4) is 5.69 Å². The molecule has 0 radical (unpaired) electrons. The Hall–Kier alpha value is -2.28. The second kappa shape index (κ2) is 5.73. The van der Waals surface area contributed by atoms with E-state index in [9.17, 15) is 18.0 Å². The molecule has 0 atom stereocenters. The van der Waals surface area contributed by atoms with Gasteiger partial charge < -0.3 is 0 Å². The van der Waals surface area contributed by atoms with Crippen LogP contribution < -0.4 is 5.56 Å². The third-order valence-corrected chi connectivity index (χ3v) is 4.02. The van der Waals surface area contributed by atoms with E-state index in [-0.39, 0.29) is 16.2 Å². The van der Waals surface area contributed by atoms with Crippen molar-refractivity contribution < 1.29 is 13.2 Å². The summed E-state index contributed by atoms with van der Waals surface area (Å²) in [6, 6.07) is 11.6. The molecule has 1 heterocycles. The average molecular weight is 336 g/mol. The summed E-state index contributed by atoms with van der Waals surface area (Å²) in [6.07, 6.45) is -2.89. The Morgan fingerprint density at radius 3 is 2.39 bits per heavy atom. The fraction of sp³-hybridized carbons (Fsp3) is 0.125. The van der Waals surface area contributed by atoms with Gasteiger partial charge in [0.15, 0.2) is 5.16 Å². The molecule has 0 aliphatic heterocycles. The zero-order chi connectivity index (χ0) is 16.6. The summed E-state index contributed by atoms with van der Waals surface area (Å²) in [7, 11) is 0. The van der Waals surface area contributed by atoms with Gasteiger partial charge in [0, 0.05) is 0 Å². The van der Waals surface area contributed by atoms with Crippen molar-refractivity contribution in [1.29, 1.82) is 0 Å². The molecule has 0 N–H and O–H groups in total. The van der Waals surface area contributed by atoms with Gasteiger partial charge in [-0.05, 0) is 30.5 Å². The minimum atomic E-state index is -4.56. The van der Waals surface area contributed by atoms with Gasteiger partial charge in [-0.15, -0.1) is 0 Å². The van der Waals surface area contributed by atoms with Crippen LogP contribution in [-0.4, -0.2) is 15.8 Å². The maximum absolute atomic E-state index is 13.3. The lowest BCUT2D eigenvalue weighted by molar-refractivity contribution is -0.137. The fourth-order valence-corrected chi connectivity index (χ4v) is 2.92. The first kappa shape index (κ1) is 15.6. The zero-order valence-electron chi connectivity index (χ0n) is 12.0. The summed E-state index contributed by atoms with van der Waals surface area (Å²) in [5.74, 6) is 0. The lowest BCUT2D eigenvalue weighted by Crippen LogP contribution is -2.24. The lowest BCUT2D eigenvalue weighted by Gasteiger charge is -2.17. The Labute approximate surface area is 133 Å². The molecule has 118 valence electrons. The summed E-state index contributed by atoms with van der Waals surface area (Å²) in [5, 5.41) is 0.493. The second-order valence-corrected chi connectivity index (χ2v) is 5.54. The first-order valence-electron chi connectivity index (χ1n) is 6.66. The third kappa shape index (κ3) is 2.72. The molecule has 3 rings (SSSR count). The van der Waals surface area contributed by atoms with Gasteiger partial charge in [-0.25, -0.2) is 4.98 Å². The molecule has 0 fully saturated rings. The number of benzene rings is 2. The van der Waals surface area contributed by atoms with Crippen LogP contribution in [0, 0.1) is 0 Å². The number of alkyl halides is 3. The predicted molar refractivity (Wildman–Crippen MR) is 84.1 cm³/mol. The highest BCUT2D eigenvalue weighted by Gasteiger charge is 2.34. The molecular weight excluding hydrogens is 325 g/mol. The van der Waals surface area contributed by atoms with Gasteiger partial charge in [0.25, 0.3) is 5.56 Å². The Bertz CT molecular complexity index is 934. The largest absolute Gasteiger partial charge is 0.418 e. The second-order valence-electron chi connectivity index (χ2n) is 4.77. The standard InChI is InChI=1S/C16H11F3N2OS/c1-23-15-20-12-8-4-2-6-10(12)14(22)21(15)13-9-5-3-7-11(13)16(17,18)19/h2-9H,1H3. The molecule has 0 spiro atoms. The SMILES string of the molecule is CSc1nc2ccccc2c(=O)n1-c1ccccc1C(F)(F)F. The van der Waals surface area contributed by atoms with E-state index in [4.69, 9.17) is 0 Å². The van der Waals surface area contributed by atoms with E-state index >= 15 is 0 Å². The van der Waals surface area contributed by atoms with Crippen molar-refractivity contribution in [3.05, 3.63) is 64.4 Å². The first-order valence-corrected chi connectivity index (χ1v) is 7.88. The van der Waals surface area contributed by atoms with E-state index in [1.54, 1.807) is 30.5 Å². The molecule has 23 heavy (non-hydrogen) atoms. The number of para-hydroxylation sites is 2. The van der Waals surface area contributed by atoms with E-state index in [1.807, 2.05) is 0 Å². The van der Waals surface area contributed by atoms with Crippen LogP contribution >= 0.6 is 11.8 Å². The number of nitrogens with zero attached hydrogens (tertiary/aromatic N) is 2. The maximum atomic E-state index is 13.3. The lowest BCUT2D eigenvalue weighted by atomic mass is 10.1. The number of hydrogen-bond donors (Lipinski definition) is 0. The highest BCUT2D eigenvalue weighted by Crippen LogP contribution is 2.34. The number of hydrogen-bond acceptors (Lipinski definition) is 3. The van der Waals surface area contributed by atoms with E-state index in [0.717, 1.165) is 22.4 Å². The molecule has 0 saturated carbocycles. The predicted octanol–water partition coefficient (Wildman–Crippen LogP) is 4.13. The summed E-state index contributed by atoms with van der Waals surface area (Å²) in [6.45, 7) is 0. The van der Waals surface area contributed by atoms with Crippen molar-refractivity contribution in [3.63, 3.8) is 0 Å². The Kier molecular flexibility index (Phi) is 3.89. The number of rotatable bonds is 2. The van der Waals surface area contributed by atoms with Gasteiger partial charge in [-0.2, -0.15) is 13.2 Å². The number of halogens is 3. The van der Waals surface area contributed by atoms with E-state index < -0.39 is 17.3 Å². The Morgan fingerprint density at radius 1 is 1.04 bits per heavy atom. The van der Waals surface area contributed by atoms with Crippen LogP contribution in [0.1, 0.15) is 5.56 Å². The van der Waals surface area contributed by atoms with E-state index in [2.05, 4.69) is 4.98 Å². The molecule has 7 heteroatoms. The minimum Gasteiger partial charge on any atom is -0.268 e. The number of fused-ring (bicyclic) bond motifs is 1. The van der Waals surface area contributed by atoms with Crippen molar-refractivity contribution in [2.45, 2.75) is 11.3 Å². The van der Waals surface area contributed by atoms with Crippen molar-refractivity contribution in [1.82, 2.24) is 9.55 Å². The molecule has 3 aromatic rings.